The average molecular weight is 359 g/mol. The van der Waals surface area contributed by atoms with Crippen molar-refractivity contribution in [1.82, 2.24) is 15.1 Å². The zero-order valence-electron chi connectivity index (χ0n) is 14.5. The molecule has 8 nitrogen and oxygen atoms in total. The molecule has 2 aromatic rings. The number of rotatable bonds is 6. The number of carbonyl (C=O) groups is 2. The van der Waals surface area contributed by atoms with Gasteiger partial charge >= 0.3 is 5.97 Å². The van der Waals surface area contributed by atoms with E-state index in [1.165, 1.54) is 7.11 Å². The van der Waals surface area contributed by atoms with Crippen molar-refractivity contribution in [3.63, 3.8) is 0 Å². The molecule has 8 heteroatoms. The molecule has 0 spiro atoms. The van der Waals surface area contributed by atoms with Gasteiger partial charge in [0.15, 0.2) is 11.4 Å². The van der Waals surface area contributed by atoms with Crippen LogP contribution in [0.25, 0.3) is 5.69 Å². The van der Waals surface area contributed by atoms with Crippen LogP contribution in [0, 0.1) is 0 Å². The van der Waals surface area contributed by atoms with Gasteiger partial charge in [0.1, 0.15) is 0 Å². The zero-order chi connectivity index (χ0) is 18.6. The maximum Gasteiger partial charge on any atom is 0.305 e. The summed E-state index contributed by atoms with van der Waals surface area (Å²) in [6.07, 6.45) is 2.33. The predicted octanol–water partition coefficient (Wildman–Crippen LogP) is 1.63. The Balaban J connectivity index is 1.86. The summed E-state index contributed by atoms with van der Waals surface area (Å²) in [5, 5.41) is 16.4. The summed E-state index contributed by atoms with van der Waals surface area (Å²) in [5.74, 6) is -1.10. The van der Waals surface area contributed by atoms with Gasteiger partial charge in [0.05, 0.1) is 31.0 Å². The van der Waals surface area contributed by atoms with Crippen LogP contribution in [-0.2, 0) is 9.53 Å². The quantitative estimate of drug-likeness (QED) is 0.813. The number of carboxylic acids is 1. The summed E-state index contributed by atoms with van der Waals surface area (Å²) in [6, 6.07) is 9.34. The summed E-state index contributed by atoms with van der Waals surface area (Å²) in [7, 11) is 1.46. The first-order valence-corrected chi connectivity index (χ1v) is 8.34. The highest BCUT2D eigenvalue weighted by Gasteiger charge is 2.37. The van der Waals surface area contributed by atoms with Gasteiger partial charge in [-0.15, -0.1) is 0 Å². The molecule has 0 radical (unpaired) electrons. The second-order valence-electron chi connectivity index (χ2n) is 6.24. The van der Waals surface area contributed by atoms with Crippen molar-refractivity contribution >= 4 is 11.9 Å². The first-order chi connectivity index (χ1) is 12.5. The van der Waals surface area contributed by atoms with Crippen LogP contribution < -0.4 is 10.1 Å². The molecule has 1 aliphatic heterocycles. The molecule has 0 unspecified atom stereocenters. The van der Waals surface area contributed by atoms with Crippen molar-refractivity contribution in [2.75, 3.05) is 20.3 Å². The first-order valence-electron chi connectivity index (χ1n) is 8.34. The van der Waals surface area contributed by atoms with Crippen LogP contribution in [-0.4, -0.2) is 52.6 Å². The Labute approximate surface area is 150 Å². The highest BCUT2D eigenvalue weighted by Crippen LogP contribution is 2.27. The number of hydrogen-bond donors (Lipinski definition) is 2. The molecular weight excluding hydrogens is 338 g/mol. The van der Waals surface area contributed by atoms with Crippen LogP contribution in [0.4, 0.5) is 0 Å². The fourth-order valence-electron chi connectivity index (χ4n) is 3.08. The number of ether oxygens (including phenoxy) is 2. The minimum Gasteiger partial charge on any atom is -0.493 e. The number of nitrogens with one attached hydrogen (secondary N) is 1. The van der Waals surface area contributed by atoms with Gasteiger partial charge in [-0.25, -0.2) is 4.68 Å². The van der Waals surface area contributed by atoms with Crippen LogP contribution in [0.15, 0.2) is 36.5 Å². The molecule has 1 aliphatic rings. The molecule has 138 valence electrons. The number of aliphatic carboxylic acids is 1. The van der Waals surface area contributed by atoms with Crippen molar-refractivity contribution in [3.8, 4) is 11.4 Å². The summed E-state index contributed by atoms with van der Waals surface area (Å²) in [6.45, 7) is 0.812. The number of nitrogens with zero attached hydrogens (tertiary/aromatic N) is 2. The van der Waals surface area contributed by atoms with Crippen molar-refractivity contribution in [3.05, 3.63) is 42.2 Å². The monoisotopic (exact) mass is 359 g/mol. The number of aromatic nitrogens is 2. The minimum atomic E-state index is -0.964. The third-order valence-corrected chi connectivity index (χ3v) is 4.45. The third-order valence-electron chi connectivity index (χ3n) is 4.45. The van der Waals surface area contributed by atoms with E-state index in [9.17, 15) is 14.7 Å². The molecule has 1 saturated heterocycles. The van der Waals surface area contributed by atoms with E-state index in [4.69, 9.17) is 9.47 Å². The van der Waals surface area contributed by atoms with E-state index < -0.39 is 17.4 Å². The highest BCUT2D eigenvalue weighted by atomic mass is 16.5. The average Bonchev–Trinajstić information content (AvgIpc) is 3.07. The summed E-state index contributed by atoms with van der Waals surface area (Å²) >= 11 is 0. The standard InChI is InChI=1S/C18H21N3O5/c1-25-14-12-21(13-5-3-2-4-6-13)20-16(14)17(24)19-18(11-15(22)23)7-9-26-10-8-18/h2-6,12H,7-11H2,1H3,(H,19,24)(H,22,23). The lowest BCUT2D eigenvalue weighted by Gasteiger charge is -2.36. The number of benzene rings is 1. The summed E-state index contributed by atoms with van der Waals surface area (Å²) < 4.78 is 12.2. The molecule has 1 amide bonds. The van der Waals surface area contributed by atoms with Crippen molar-refractivity contribution in [2.24, 2.45) is 0 Å². The molecule has 2 heterocycles. The van der Waals surface area contributed by atoms with E-state index in [1.807, 2.05) is 30.3 Å². The van der Waals surface area contributed by atoms with Crippen LogP contribution in [0.2, 0.25) is 0 Å². The maximum absolute atomic E-state index is 12.8. The lowest BCUT2D eigenvalue weighted by molar-refractivity contribution is -0.139. The Morgan fingerprint density at radius 2 is 2.00 bits per heavy atom. The van der Waals surface area contributed by atoms with E-state index in [-0.39, 0.29) is 12.1 Å². The number of methoxy groups -OCH3 is 1. The predicted molar refractivity (Wildman–Crippen MR) is 92.6 cm³/mol. The number of amides is 1. The molecule has 3 rings (SSSR count). The second-order valence-corrected chi connectivity index (χ2v) is 6.24. The number of para-hydroxylation sites is 1. The Morgan fingerprint density at radius 1 is 1.31 bits per heavy atom. The number of carbonyl (C=O) groups excluding carboxylic acids is 1. The lowest BCUT2D eigenvalue weighted by Crippen LogP contribution is -2.53. The zero-order valence-corrected chi connectivity index (χ0v) is 14.5. The van der Waals surface area contributed by atoms with Crippen molar-refractivity contribution in [2.45, 2.75) is 24.8 Å². The molecule has 1 aromatic carbocycles. The van der Waals surface area contributed by atoms with Crippen molar-refractivity contribution < 1.29 is 24.2 Å². The smallest absolute Gasteiger partial charge is 0.305 e. The second kappa shape index (κ2) is 7.57. The molecule has 1 aromatic heterocycles. The van der Waals surface area contributed by atoms with Crippen LogP contribution in [0.5, 0.6) is 5.75 Å². The van der Waals surface area contributed by atoms with E-state index >= 15 is 0 Å². The van der Waals surface area contributed by atoms with Gasteiger partial charge < -0.3 is 19.9 Å². The van der Waals surface area contributed by atoms with Crippen LogP contribution in [0.1, 0.15) is 29.8 Å². The van der Waals surface area contributed by atoms with Gasteiger partial charge in [0.25, 0.3) is 5.91 Å². The highest BCUT2D eigenvalue weighted by molar-refractivity contribution is 5.95. The molecular formula is C18H21N3O5. The number of carboxylic acid groups (broad SMARTS) is 1. The van der Waals surface area contributed by atoms with Crippen LogP contribution >= 0.6 is 0 Å². The maximum atomic E-state index is 12.8. The van der Waals surface area contributed by atoms with E-state index in [1.54, 1.807) is 10.9 Å². The van der Waals surface area contributed by atoms with Gasteiger partial charge in [0, 0.05) is 13.2 Å². The van der Waals surface area contributed by atoms with Crippen LogP contribution in [0.3, 0.4) is 0 Å². The SMILES string of the molecule is COc1cn(-c2ccccc2)nc1C(=O)NC1(CC(=O)O)CCOCC1. The minimum absolute atomic E-state index is 0.118. The first kappa shape index (κ1) is 17.9. The van der Waals surface area contributed by atoms with E-state index in [0.717, 1.165) is 5.69 Å². The number of hydrogen-bond acceptors (Lipinski definition) is 5. The fraction of sp³-hybridized carbons (Fsp3) is 0.389. The molecule has 0 saturated carbocycles. The Bertz CT molecular complexity index is 781. The molecule has 0 atom stereocenters. The topological polar surface area (TPSA) is 103 Å². The Hall–Kier alpha value is -2.87. The molecule has 0 bridgehead atoms. The van der Waals surface area contributed by atoms with E-state index in [0.29, 0.717) is 31.8 Å². The van der Waals surface area contributed by atoms with Gasteiger partial charge in [-0.1, -0.05) is 18.2 Å². The van der Waals surface area contributed by atoms with Crippen molar-refractivity contribution in [1.29, 1.82) is 0 Å². The largest absolute Gasteiger partial charge is 0.493 e. The third kappa shape index (κ3) is 3.85. The Morgan fingerprint density at radius 3 is 2.62 bits per heavy atom. The Kier molecular flexibility index (Phi) is 5.22. The fourth-order valence-corrected chi connectivity index (χ4v) is 3.08. The molecule has 0 aliphatic carbocycles. The molecule has 26 heavy (non-hydrogen) atoms. The van der Waals surface area contributed by atoms with Gasteiger partial charge in [-0.05, 0) is 25.0 Å². The van der Waals surface area contributed by atoms with Gasteiger partial charge in [0.2, 0.25) is 0 Å². The lowest BCUT2D eigenvalue weighted by atomic mass is 9.86. The molecule has 2 N–H and O–H groups in total. The summed E-state index contributed by atoms with van der Waals surface area (Å²) in [5.41, 5.74) is 0.0617. The normalized spacial score (nSPS) is 16.0. The van der Waals surface area contributed by atoms with E-state index in [2.05, 4.69) is 10.4 Å². The summed E-state index contributed by atoms with van der Waals surface area (Å²) in [4.78, 5) is 24.1. The van der Waals surface area contributed by atoms with Gasteiger partial charge in [-0.3, -0.25) is 9.59 Å². The van der Waals surface area contributed by atoms with Gasteiger partial charge in [-0.2, -0.15) is 5.10 Å². The molecule has 1 fully saturated rings.